The van der Waals surface area contributed by atoms with Crippen molar-refractivity contribution in [2.75, 3.05) is 10.0 Å². The predicted molar refractivity (Wildman–Crippen MR) is 108 cm³/mol. The maximum Gasteiger partial charge on any atom is 0.261 e. The number of carbonyl (C=O) groups is 1. The van der Waals surface area contributed by atoms with Crippen LogP contribution in [0.2, 0.25) is 5.02 Å². The molecule has 0 saturated heterocycles. The summed E-state index contributed by atoms with van der Waals surface area (Å²) in [6.45, 7) is 1.83. The van der Waals surface area contributed by atoms with Gasteiger partial charge in [-0.05, 0) is 61.0 Å². The van der Waals surface area contributed by atoms with E-state index in [1.807, 2.05) is 19.1 Å². The summed E-state index contributed by atoms with van der Waals surface area (Å²) in [4.78, 5) is 12.3. The zero-order valence-corrected chi connectivity index (χ0v) is 16.0. The first kappa shape index (κ1) is 18.9. The highest BCUT2D eigenvalue weighted by Gasteiger charge is 2.15. The molecule has 5 nitrogen and oxygen atoms in total. The summed E-state index contributed by atoms with van der Waals surface area (Å²) in [6, 6.07) is 19.6. The van der Waals surface area contributed by atoms with Crippen LogP contribution in [0.25, 0.3) is 0 Å². The molecule has 138 valence electrons. The van der Waals surface area contributed by atoms with Gasteiger partial charge < -0.3 is 5.32 Å². The maximum absolute atomic E-state index is 12.5. The van der Waals surface area contributed by atoms with Crippen molar-refractivity contribution >= 4 is 38.9 Å². The Bertz CT molecular complexity index is 1080. The number of halogens is 1. The minimum absolute atomic E-state index is 0.103. The summed E-state index contributed by atoms with van der Waals surface area (Å²) in [5.41, 5.74) is 2.25. The van der Waals surface area contributed by atoms with Crippen molar-refractivity contribution in [3.63, 3.8) is 0 Å². The molecule has 0 bridgehead atoms. The van der Waals surface area contributed by atoms with Gasteiger partial charge in [0.15, 0.2) is 0 Å². The molecule has 2 N–H and O–H groups in total. The first-order valence-corrected chi connectivity index (χ1v) is 9.97. The average Bonchev–Trinajstić information content (AvgIpc) is 2.64. The fraction of sp³-hybridized carbons (Fsp3) is 0.0500. The fourth-order valence-electron chi connectivity index (χ4n) is 2.44. The lowest BCUT2D eigenvalue weighted by atomic mass is 10.2. The quantitative estimate of drug-likeness (QED) is 0.651. The largest absolute Gasteiger partial charge is 0.322 e. The van der Waals surface area contributed by atoms with Gasteiger partial charge >= 0.3 is 0 Å². The van der Waals surface area contributed by atoms with Crippen molar-refractivity contribution in [2.24, 2.45) is 0 Å². The zero-order valence-electron chi connectivity index (χ0n) is 14.4. The molecule has 0 aliphatic heterocycles. The van der Waals surface area contributed by atoms with Gasteiger partial charge in [-0.25, -0.2) is 8.42 Å². The molecule has 0 aliphatic rings. The Hall–Kier alpha value is -2.83. The standard InChI is InChI=1S/C20H17ClN2O3S/c1-14-5-2-3-8-19(14)23-27(25,26)18-11-9-17(10-12-18)22-20(24)15-6-4-7-16(21)13-15/h2-13,23H,1H3,(H,22,24). The second-order valence-electron chi connectivity index (χ2n) is 5.91. The molecule has 0 unspecified atom stereocenters. The summed E-state index contributed by atoms with van der Waals surface area (Å²) in [5, 5.41) is 3.17. The zero-order chi connectivity index (χ0) is 19.4. The summed E-state index contributed by atoms with van der Waals surface area (Å²) in [7, 11) is -3.72. The number of sulfonamides is 1. The SMILES string of the molecule is Cc1ccccc1NS(=O)(=O)c1ccc(NC(=O)c2cccc(Cl)c2)cc1. The van der Waals surface area contributed by atoms with Gasteiger partial charge in [0.1, 0.15) is 0 Å². The Morgan fingerprint density at radius 1 is 0.926 bits per heavy atom. The van der Waals surface area contributed by atoms with E-state index >= 15 is 0 Å². The topological polar surface area (TPSA) is 75.3 Å². The minimum Gasteiger partial charge on any atom is -0.322 e. The minimum atomic E-state index is -3.72. The fourth-order valence-corrected chi connectivity index (χ4v) is 3.76. The molecule has 0 atom stereocenters. The highest BCUT2D eigenvalue weighted by atomic mass is 35.5. The molecule has 3 aromatic carbocycles. The van der Waals surface area contributed by atoms with Gasteiger partial charge in [-0.3, -0.25) is 9.52 Å². The molecule has 27 heavy (non-hydrogen) atoms. The lowest BCUT2D eigenvalue weighted by Crippen LogP contribution is -2.14. The van der Waals surface area contributed by atoms with Crippen molar-refractivity contribution in [3.8, 4) is 0 Å². The van der Waals surface area contributed by atoms with Crippen LogP contribution in [-0.4, -0.2) is 14.3 Å². The molecule has 0 heterocycles. The highest BCUT2D eigenvalue weighted by Crippen LogP contribution is 2.21. The number of rotatable bonds is 5. The van der Waals surface area contributed by atoms with Crippen LogP contribution in [0.3, 0.4) is 0 Å². The van der Waals surface area contributed by atoms with Gasteiger partial charge in [0, 0.05) is 16.3 Å². The van der Waals surface area contributed by atoms with Crippen LogP contribution in [-0.2, 0) is 10.0 Å². The summed E-state index contributed by atoms with van der Waals surface area (Å²) >= 11 is 5.89. The number of hydrogen-bond acceptors (Lipinski definition) is 3. The number of para-hydroxylation sites is 1. The van der Waals surface area contributed by atoms with Crippen molar-refractivity contribution in [3.05, 3.63) is 88.9 Å². The molecule has 0 saturated carbocycles. The van der Waals surface area contributed by atoms with Crippen LogP contribution >= 0.6 is 11.6 Å². The van der Waals surface area contributed by atoms with E-state index in [1.54, 1.807) is 36.4 Å². The van der Waals surface area contributed by atoms with E-state index in [0.29, 0.717) is 22.0 Å². The first-order chi connectivity index (χ1) is 12.8. The number of aryl methyl sites for hydroxylation is 1. The van der Waals surface area contributed by atoms with E-state index in [4.69, 9.17) is 11.6 Å². The molecule has 3 aromatic rings. The van der Waals surface area contributed by atoms with Gasteiger partial charge in [-0.1, -0.05) is 35.9 Å². The first-order valence-electron chi connectivity index (χ1n) is 8.10. The second kappa shape index (κ2) is 7.82. The van der Waals surface area contributed by atoms with E-state index in [2.05, 4.69) is 10.0 Å². The normalized spacial score (nSPS) is 11.0. The van der Waals surface area contributed by atoms with Gasteiger partial charge in [0.25, 0.3) is 15.9 Å². The Balaban J connectivity index is 1.75. The molecule has 7 heteroatoms. The van der Waals surface area contributed by atoms with Gasteiger partial charge in [-0.2, -0.15) is 0 Å². The van der Waals surface area contributed by atoms with E-state index in [9.17, 15) is 13.2 Å². The average molecular weight is 401 g/mol. The molecule has 1 amide bonds. The van der Waals surface area contributed by atoms with E-state index in [-0.39, 0.29) is 10.8 Å². The van der Waals surface area contributed by atoms with E-state index < -0.39 is 10.0 Å². The van der Waals surface area contributed by atoms with Crippen LogP contribution in [0, 0.1) is 6.92 Å². The number of hydrogen-bond donors (Lipinski definition) is 2. The van der Waals surface area contributed by atoms with Gasteiger partial charge in [-0.15, -0.1) is 0 Å². The van der Waals surface area contributed by atoms with Crippen LogP contribution in [0.15, 0.2) is 77.7 Å². The van der Waals surface area contributed by atoms with Gasteiger partial charge in [0.2, 0.25) is 0 Å². The Morgan fingerprint density at radius 2 is 1.63 bits per heavy atom. The third kappa shape index (κ3) is 4.67. The molecular formula is C20H17ClN2O3S. The third-order valence-electron chi connectivity index (χ3n) is 3.90. The van der Waals surface area contributed by atoms with Crippen molar-refractivity contribution < 1.29 is 13.2 Å². The van der Waals surface area contributed by atoms with Crippen molar-refractivity contribution in [1.29, 1.82) is 0 Å². The van der Waals surface area contributed by atoms with Crippen LogP contribution < -0.4 is 10.0 Å². The van der Waals surface area contributed by atoms with Crippen molar-refractivity contribution in [2.45, 2.75) is 11.8 Å². The van der Waals surface area contributed by atoms with Crippen LogP contribution in [0.5, 0.6) is 0 Å². The molecule has 0 fully saturated rings. The Kier molecular flexibility index (Phi) is 5.48. The molecule has 0 spiro atoms. The van der Waals surface area contributed by atoms with Gasteiger partial charge in [0.05, 0.1) is 10.6 Å². The summed E-state index contributed by atoms with van der Waals surface area (Å²) < 4.78 is 27.6. The number of carbonyl (C=O) groups excluding carboxylic acids is 1. The lowest BCUT2D eigenvalue weighted by Gasteiger charge is -2.11. The second-order valence-corrected chi connectivity index (χ2v) is 8.03. The molecular weight excluding hydrogens is 384 g/mol. The Labute approximate surface area is 163 Å². The van der Waals surface area contributed by atoms with E-state index in [0.717, 1.165) is 5.56 Å². The monoisotopic (exact) mass is 400 g/mol. The number of anilines is 2. The van der Waals surface area contributed by atoms with E-state index in [1.165, 1.54) is 24.3 Å². The molecule has 0 aromatic heterocycles. The smallest absolute Gasteiger partial charge is 0.261 e. The summed E-state index contributed by atoms with van der Waals surface area (Å²) in [5.74, 6) is -0.328. The predicted octanol–water partition coefficient (Wildman–Crippen LogP) is 4.70. The van der Waals surface area contributed by atoms with Crippen LogP contribution in [0.1, 0.15) is 15.9 Å². The number of nitrogens with one attached hydrogen (secondary N) is 2. The molecule has 0 aliphatic carbocycles. The summed E-state index contributed by atoms with van der Waals surface area (Å²) in [6.07, 6.45) is 0. The van der Waals surface area contributed by atoms with Crippen LogP contribution in [0.4, 0.5) is 11.4 Å². The molecule has 0 radical (unpaired) electrons. The number of amides is 1. The Morgan fingerprint density at radius 3 is 2.30 bits per heavy atom. The third-order valence-corrected chi connectivity index (χ3v) is 5.52. The highest BCUT2D eigenvalue weighted by molar-refractivity contribution is 7.92. The van der Waals surface area contributed by atoms with Crippen molar-refractivity contribution in [1.82, 2.24) is 0 Å². The lowest BCUT2D eigenvalue weighted by molar-refractivity contribution is 0.102. The molecule has 3 rings (SSSR count). The maximum atomic E-state index is 12.5. The number of benzene rings is 3.